The minimum atomic E-state index is -1.33. The first-order valence-electron chi connectivity index (χ1n) is 8.19. The number of methoxy groups -OCH3 is 1. The summed E-state index contributed by atoms with van der Waals surface area (Å²) in [4.78, 5) is 38.5. The molecule has 1 heterocycles. The zero-order valence-corrected chi connectivity index (χ0v) is 15.5. The van der Waals surface area contributed by atoms with Gasteiger partial charge >= 0.3 is 6.03 Å². The van der Waals surface area contributed by atoms with Gasteiger partial charge in [-0.15, -0.1) is 0 Å². The van der Waals surface area contributed by atoms with Crippen molar-refractivity contribution in [2.45, 2.75) is 12.5 Å². The van der Waals surface area contributed by atoms with Crippen LogP contribution < -0.4 is 15.4 Å². The van der Waals surface area contributed by atoms with Crippen molar-refractivity contribution < 1.29 is 19.1 Å². The summed E-state index contributed by atoms with van der Waals surface area (Å²) in [5, 5.41) is 5.63. The summed E-state index contributed by atoms with van der Waals surface area (Å²) in [6.07, 6.45) is 0. The number of benzene rings is 2. The highest BCUT2D eigenvalue weighted by Gasteiger charge is 2.50. The maximum Gasteiger partial charge on any atom is 0.325 e. The van der Waals surface area contributed by atoms with E-state index in [2.05, 4.69) is 10.6 Å². The topological polar surface area (TPSA) is 87.7 Å². The normalized spacial score (nSPS) is 19.0. The van der Waals surface area contributed by atoms with E-state index >= 15 is 0 Å². The van der Waals surface area contributed by atoms with Crippen molar-refractivity contribution >= 4 is 35.1 Å². The van der Waals surface area contributed by atoms with E-state index in [1.807, 2.05) is 0 Å². The maximum absolute atomic E-state index is 12.9. The van der Waals surface area contributed by atoms with E-state index in [0.717, 1.165) is 4.90 Å². The second-order valence-electron chi connectivity index (χ2n) is 6.17. The Bertz CT molecular complexity index is 917. The number of carbonyl (C=O) groups is 3. The van der Waals surface area contributed by atoms with Crippen molar-refractivity contribution in [3.05, 3.63) is 59.1 Å². The summed E-state index contributed by atoms with van der Waals surface area (Å²) >= 11 is 6.19. The second kappa shape index (κ2) is 7.28. The maximum atomic E-state index is 12.9. The Morgan fingerprint density at radius 3 is 2.56 bits per heavy atom. The largest absolute Gasteiger partial charge is 0.495 e. The van der Waals surface area contributed by atoms with E-state index in [1.54, 1.807) is 55.5 Å². The number of carbonyl (C=O) groups excluding carboxylic acids is 3. The van der Waals surface area contributed by atoms with Crippen LogP contribution in [0.4, 0.5) is 10.5 Å². The standard InChI is InChI=1S/C19H18ClN3O4/c1-19(12-7-3-4-8-13(12)20)17(25)23(18(26)22-19)11-16(24)21-14-9-5-6-10-15(14)27-2/h3-10H,11H2,1-2H3,(H,21,24)(H,22,26). The summed E-state index contributed by atoms with van der Waals surface area (Å²) in [7, 11) is 1.48. The number of hydrogen-bond donors (Lipinski definition) is 2. The molecule has 4 amide bonds. The molecule has 1 aliphatic heterocycles. The van der Waals surface area contributed by atoms with Gasteiger partial charge in [-0.05, 0) is 25.1 Å². The summed E-state index contributed by atoms with van der Waals surface area (Å²) in [5.41, 5.74) is -0.413. The molecule has 2 aromatic carbocycles. The lowest BCUT2D eigenvalue weighted by Crippen LogP contribution is -2.42. The number of urea groups is 1. The fraction of sp³-hybridized carbons (Fsp3) is 0.211. The molecule has 0 aromatic heterocycles. The molecular formula is C19H18ClN3O4. The second-order valence-corrected chi connectivity index (χ2v) is 6.58. The fourth-order valence-corrected chi connectivity index (χ4v) is 3.30. The SMILES string of the molecule is COc1ccccc1NC(=O)CN1C(=O)NC(C)(c2ccccc2Cl)C1=O. The van der Waals surface area contributed by atoms with Gasteiger partial charge in [-0.3, -0.25) is 14.5 Å². The molecule has 1 saturated heterocycles. The molecule has 0 saturated carbocycles. The Hall–Kier alpha value is -3.06. The zero-order chi connectivity index (χ0) is 19.6. The molecule has 2 N–H and O–H groups in total. The lowest BCUT2D eigenvalue weighted by molar-refractivity contribution is -0.133. The Morgan fingerprint density at radius 1 is 1.19 bits per heavy atom. The van der Waals surface area contributed by atoms with Crippen LogP contribution >= 0.6 is 11.6 Å². The van der Waals surface area contributed by atoms with Gasteiger partial charge in [0.15, 0.2) is 0 Å². The molecule has 0 radical (unpaired) electrons. The highest BCUT2D eigenvalue weighted by Crippen LogP contribution is 2.33. The van der Waals surface area contributed by atoms with E-state index in [9.17, 15) is 14.4 Å². The number of imide groups is 1. The predicted octanol–water partition coefficient (Wildman–Crippen LogP) is 2.75. The van der Waals surface area contributed by atoms with Crippen LogP contribution in [0.2, 0.25) is 5.02 Å². The third kappa shape index (κ3) is 3.46. The number of ether oxygens (including phenoxy) is 1. The van der Waals surface area contributed by atoms with Gasteiger partial charge < -0.3 is 15.4 Å². The van der Waals surface area contributed by atoms with Crippen molar-refractivity contribution in [2.75, 3.05) is 19.0 Å². The van der Waals surface area contributed by atoms with Crippen molar-refractivity contribution in [1.29, 1.82) is 0 Å². The number of rotatable bonds is 5. The minimum Gasteiger partial charge on any atom is -0.495 e. The van der Waals surface area contributed by atoms with Crippen LogP contribution in [0.5, 0.6) is 5.75 Å². The number of nitrogens with zero attached hydrogens (tertiary/aromatic N) is 1. The summed E-state index contributed by atoms with van der Waals surface area (Å²) < 4.78 is 5.17. The van der Waals surface area contributed by atoms with E-state index in [1.165, 1.54) is 7.11 Å². The molecule has 140 valence electrons. The highest BCUT2D eigenvalue weighted by molar-refractivity contribution is 6.32. The third-order valence-corrected chi connectivity index (χ3v) is 4.70. The fourth-order valence-electron chi connectivity index (χ4n) is 2.97. The average Bonchev–Trinajstić information content (AvgIpc) is 2.86. The van der Waals surface area contributed by atoms with Gasteiger partial charge in [0.1, 0.15) is 17.8 Å². The van der Waals surface area contributed by atoms with Crippen LogP contribution in [0.3, 0.4) is 0 Å². The van der Waals surface area contributed by atoms with E-state index < -0.39 is 29.9 Å². The lowest BCUT2D eigenvalue weighted by Gasteiger charge is -2.23. The molecule has 1 aliphatic rings. The lowest BCUT2D eigenvalue weighted by atomic mass is 9.92. The quantitative estimate of drug-likeness (QED) is 0.772. The first-order valence-corrected chi connectivity index (χ1v) is 8.56. The van der Waals surface area contributed by atoms with E-state index in [4.69, 9.17) is 16.3 Å². The Balaban J connectivity index is 1.78. The molecule has 3 rings (SSSR count). The summed E-state index contributed by atoms with van der Waals surface area (Å²) in [6.45, 7) is 1.13. The summed E-state index contributed by atoms with van der Waals surface area (Å²) in [5.74, 6) is -0.592. The number of amides is 4. The molecule has 1 fully saturated rings. The molecule has 7 nitrogen and oxygen atoms in total. The number of hydrogen-bond acceptors (Lipinski definition) is 4. The van der Waals surface area contributed by atoms with Crippen LogP contribution in [0.25, 0.3) is 0 Å². The Kier molecular flexibility index (Phi) is 5.05. The number of halogens is 1. The van der Waals surface area contributed by atoms with E-state index in [-0.39, 0.29) is 0 Å². The minimum absolute atomic E-state index is 0.356. The van der Waals surface area contributed by atoms with Gasteiger partial charge in [-0.1, -0.05) is 41.9 Å². The van der Waals surface area contributed by atoms with Gasteiger partial charge in [-0.2, -0.15) is 0 Å². The predicted molar refractivity (Wildman–Crippen MR) is 101 cm³/mol. The highest BCUT2D eigenvalue weighted by atomic mass is 35.5. The average molecular weight is 388 g/mol. The van der Waals surface area contributed by atoms with Crippen LogP contribution in [0, 0.1) is 0 Å². The molecule has 8 heteroatoms. The van der Waals surface area contributed by atoms with Gasteiger partial charge in [0.05, 0.1) is 12.8 Å². The molecule has 0 aliphatic carbocycles. The van der Waals surface area contributed by atoms with E-state index in [0.29, 0.717) is 22.0 Å². The van der Waals surface area contributed by atoms with Crippen molar-refractivity contribution in [3.8, 4) is 5.75 Å². The van der Waals surface area contributed by atoms with Crippen LogP contribution in [0.15, 0.2) is 48.5 Å². The Morgan fingerprint density at radius 2 is 1.85 bits per heavy atom. The smallest absolute Gasteiger partial charge is 0.325 e. The van der Waals surface area contributed by atoms with Gasteiger partial charge in [-0.25, -0.2) is 4.79 Å². The van der Waals surface area contributed by atoms with Gasteiger partial charge in [0.2, 0.25) is 5.91 Å². The molecule has 0 spiro atoms. The summed E-state index contributed by atoms with van der Waals surface area (Å²) in [6, 6.07) is 13.0. The van der Waals surface area contributed by atoms with Gasteiger partial charge in [0.25, 0.3) is 5.91 Å². The Labute approximate surface area is 161 Å². The molecule has 1 atom stereocenters. The number of nitrogens with one attached hydrogen (secondary N) is 2. The van der Waals surface area contributed by atoms with Crippen molar-refractivity contribution in [1.82, 2.24) is 10.2 Å². The molecule has 27 heavy (non-hydrogen) atoms. The molecular weight excluding hydrogens is 370 g/mol. The van der Waals surface area contributed by atoms with Crippen molar-refractivity contribution in [3.63, 3.8) is 0 Å². The zero-order valence-electron chi connectivity index (χ0n) is 14.8. The van der Waals surface area contributed by atoms with Crippen molar-refractivity contribution in [2.24, 2.45) is 0 Å². The van der Waals surface area contributed by atoms with Crippen LogP contribution in [-0.2, 0) is 15.1 Å². The van der Waals surface area contributed by atoms with Gasteiger partial charge in [0, 0.05) is 10.6 Å². The third-order valence-electron chi connectivity index (χ3n) is 4.37. The van der Waals surface area contributed by atoms with Crippen LogP contribution in [-0.4, -0.2) is 36.4 Å². The number of para-hydroxylation sites is 2. The molecule has 1 unspecified atom stereocenters. The molecule has 2 aromatic rings. The monoisotopic (exact) mass is 387 g/mol. The number of anilines is 1. The molecule has 0 bridgehead atoms. The van der Waals surface area contributed by atoms with Crippen LogP contribution in [0.1, 0.15) is 12.5 Å². The first kappa shape index (κ1) is 18.7. The first-order chi connectivity index (χ1) is 12.9.